The number of thioether (sulfide) groups is 1. The maximum absolute atomic E-state index is 6.54. The molecule has 0 spiro atoms. The summed E-state index contributed by atoms with van der Waals surface area (Å²) in [6.45, 7) is 0. The van der Waals surface area contributed by atoms with Crippen LogP contribution >= 0.6 is 23.4 Å². The summed E-state index contributed by atoms with van der Waals surface area (Å²) in [5, 5.41) is 8.57. The van der Waals surface area contributed by atoms with Gasteiger partial charge in [0.25, 0.3) is 0 Å². The molecule has 2 atom stereocenters. The first-order chi connectivity index (χ1) is 19.2. The normalized spacial score (nSPS) is 20.1. The van der Waals surface area contributed by atoms with Crippen molar-refractivity contribution in [2.24, 2.45) is 5.10 Å². The van der Waals surface area contributed by atoms with Crippen molar-refractivity contribution in [2.45, 2.75) is 22.2 Å². The first-order valence-electron chi connectivity index (χ1n) is 13.1. The average Bonchev–Trinajstić information content (AvgIpc) is 3.25. The lowest BCUT2D eigenvalue weighted by atomic mass is 9.88. The second-order valence-corrected chi connectivity index (χ2v) is 11.5. The molecule has 2 aliphatic heterocycles. The van der Waals surface area contributed by atoms with Gasteiger partial charge in [-0.25, -0.2) is 5.01 Å². The topological polar surface area (TPSA) is 18.8 Å². The fraction of sp³-hybridized carbons (Fsp3) is 0.0882. The molecule has 5 aromatic rings. The van der Waals surface area contributed by atoms with E-state index in [0.717, 1.165) is 34.2 Å². The number of amidine groups is 1. The van der Waals surface area contributed by atoms with Crippen LogP contribution in [0.1, 0.15) is 28.4 Å². The van der Waals surface area contributed by atoms with E-state index in [1.54, 1.807) is 0 Å². The molecule has 7 rings (SSSR count). The van der Waals surface area contributed by atoms with E-state index < -0.39 is 5.66 Å². The summed E-state index contributed by atoms with van der Waals surface area (Å²) in [5.74, 6) is 0.933. The zero-order chi connectivity index (χ0) is 26.2. The van der Waals surface area contributed by atoms with Gasteiger partial charge in [-0.15, -0.1) is 11.8 Å². The molecule has 3 nitrogen and oxygen atoms in total. The minimum Gasteiger partial charge on any atom is -0.294 e. The summed E-state index contributed by atoms with van der Waals surface area (Å²) in [4.78, 5) is 3.69. The summed E-state index contributed by atoms with van der Waals surface area (Å²) in [6, 6.07) is 48.9. The maximum Gasteiger partial charge on any atom is 0.167 e. The Morgan fingerprint density at radius 2 is 1.38 bits per heavy atom. The average molecular weight is 544 g/mol. The molecule has 0 unspecified atom stereocenters. The molecule has 0 saturated carbocycles. The molecule has 0 aliphatic carbocycles. The van der Waals surface area contributed by atoms with Crippen LogP contribution in [-0.2, 0) is 5.66 Å². The van der Waals surface area contributed by atoms with E-state index in [4.69, 9.17) is 16.7 Å². The molecule has 0 aromatic heterocycles. The highest BCUT2D eigenvalue weighted by Crippen LogP contribution is 2.57. The van der Waals surface area contributed by atoms with Crippen molar-refractivity contribution in [3.63, 3.8) is 0 Å². The van der Waals surface area contributed by atoms with Crippen LogP contribution in [0.3, 0.4) is 0 Å². The quantitative estimate of drug-likeness (QED) is 0.225. The Kier molecular flexibility index (Phi) is 6.15. The molecular weight excluding hydrogens is 518 g/mol. The number of rotatable bonds is 4. The van der Waals surface area contributed by atoms with E-state index in [1.165, 1.54) is 16.0 Å². The standard InChI is InChI=1S/C34H26ClN3S/c35-28-18-12-15-26(23-28)32-24-34(27-16-6-2-7-17-27)37(30-21-10-11-22-31(30)39-32)33(25-13-4-1-5-14-25)36-38(34)29-19-8-3-9-20-29/h1-23,32H,24H2/t32-,34-/m0/s1. The van der Waals surface area contributed by atoms with Crippen LogP contribution in [0.15, 0.2) is 150 Å². The Hall–Kier alpha value is -3.99. The van der Waals surface area contributed by atoms with E-state index in [1.807, 2.05) is 17.8 Å². The van der Waals surface area contributed by atoms with Crippen molar-refractivity contribution in [3.05, 3.63) is 161 Å². The van der Waals surface area contributed by atoms with Crippen LogP contribution in [0, 0.1) is 0 Å². The van der Waals surface area contributed by atoms with Crippen LogP contribution in [0.4, 0.5) is 11.4 Å². The number of halogens is 1. The lowest BCUT2D eigenvalue weighted by molar-refractivity contribution is 0.407. The van der Waals surface area contributed by atoms with E-state index in [0.29, 0.717) is 0 Å². The van der Waals surface area contributed by atoms with Crippen molar-refractivity contribution in [3.8, 4) is 0 Å². The second kappa shape index (κ2) is 9.96. The zero-order valence-electron chi connectivity index (χ0n) is 21.2. The van der Waals surface area contributed by atoms with E-state index in [2.05, 4.69) is 143 Å². The predicted molar refractivity (Wildman–Crippen MR) is 164 cm³/mol. The van der Waals surface area contributed by atoms with Crippen LogP contribution < -0.4 is 9.91 Å². The Morgan fingerprint density at radius 3 is 2.13 bits per heavy atom. The molecule has 2 aliphatic rings. The van der Waals surface area contributed by atoms with Crippen molar-refractivity contribution in [1.29, 1.82) is 0 Å². The van der Waals surface area contributed by atoms with Crippen molar-refractivity contribution in [1.82, 2.24) is 0 Å². The largest absolute Gasteiger partial charge is 0.294 e. The SMILES string of the molecule is Clc1cccc([C@@H]2C[C@@]3(c4ccccc4)N(c4ccccc4)N=C(c4ccccc4)N3c3ccccc3S2)c1. The van der Waals surface area contributed by atoms with E-state index in [9.17, 15) is 0 Å². The van der Waals surface area contributed by atoms with Gasteiger partial charge in [0, 0.05) is 32.7 Å². The third kappa shape index (κ3) is 4.12. The number of hydrogen-bond donors (Lipinski definition) is 0. The lowest BCUT2D eigenvalue weighted by Gasteiger charge is -2.45. The fourth-order valence-corrected chi connectivity index (χ4v) is 7.30. The summed E-state index contributed by atoms with van der Waals surface area (Å²) in [5.41, 5.74) is 5.05. The maximum atomic E-state index is 6.54. The Morgan fingerprint density at radius 1 is 0.718 bits per heavy atom. The van der Waals surface area contributed by atoms with E-state index >= 15 is 0 Å². The molecule has 5 aromatic carbocycles. The number of benzene rings is 5. The smallest absolute Gasteiger partial charge is 0.167 e. The van der Waals surface area contributed by atoms with Gasteiger partial charge in [-0.3, -0.25) is 4.90 Å². The first kappa shape index (κ1) is 24.1. The third-order valence-electron chi connectivity index (χ3n) is 7.46. The molecule has 0 saturated heterocycles. The van der Waals surface area contributed by atoms with Gasteiger partial charge in [0.2, 0.25) is 0 Å². The monoisotopic (exact) mass is 543 g/mol. The van der Waals surface area contributed by atoms with Gasteiger partial charge in [-0.05, 0) is 42.0 Å². The Bertz CT molecular complexity index is 1640. The molecule has 190 valence electrons. The van der Waals surface area contributed by atoms with Crippen LogP contribution in [0.25, 0.3) is 0 Å². The summed E-state index contributed by atoms with van der Waals surface area (Å²) in [6.07, 6.45) is 0.783. The summed E-state index contributed by atoms with van der Waals surface area (Å²) < 4.78 is 0. The molecule has 0 radical (unpaired) electrons. The molecule has 2 heterocycles. The highest BCUT2D eigenvalue weighted by Gasteiger charge is 2.55. The molecular formula is C34H26ClN3S. The van der Waals surface area contributed by atoms with Gasteiger partial charge in [0.05, 0.1) is 11.4 Å². The van der Waals surface area contributed by atoms with Gasteiger partial charge < -0.3 is 0 Å². The van der Waals surface area contributed by atoms with Gasteiger partial charge in [0.1, 0.15) is 0 Å². The number of anilines is 2. The molecule has 0 bridgehead atoms. The minimum absolute atomic E-state index is 0.131. The number of fused-ring (bicyclic) bond motifs is 3. The molecule has 0 N–H and O–H groups in total. The van der Waals surface area contributed by atoms with Gasteiger partial charge >= 0.3 is 0 Å². The lowest BCUT2D eigenvalue weighted by Crippen LogP contribution is -2.54. The number of hydrazone groups is 1. The van der Waals surface area contributed by atoms with Crippen molar-refractivity contribution in [2.75, 3.05) is 9.91 Å². The molecule has 5 heteroatoms. The first-order valence-corrected chi connectivity index (χ1v) is 14.4. The van der Waals surface area contributed by atoms with Gasteiger partial charge in [-0.1, -0.05) is 115 Å². The number of hydrogen-bond acceptors (Lipinski definition) is 4. The zero-order valence-corrected chi connectivity index (χ0v) is 22.8. The highest BCUT2D eigenvalue weighted by molar-refractivity contribution is 7.99. The molecule has 39 heavy (non-hydrogen) atoms. The number of nitrogens with zero attached hydrogens (tertiary/aromatic N) is 3. The van der Waals surface area contributed by atoms with Crippen LogP contribution in [0.5, 0.6) is 0 Å². The highest BCUT2D eigenvalue weighted by atomic mass is 35.5. The molecule has 0 fully saturated rings. The van der Waals surface area contributed by atoms with Crippen molar-refractivity contribution < 1.29 is 0 Å². The number of para-hydroxylation sites is 2. The Balaban J connectivity index is 1.55. The van der Waals surface area contributed by atoms with E-state index in [-0.39, 0.29) is 5.25 Å². The van der Waals surface area contributed by atoms with Gasteiger partial charge in [0.15, 0.2) is 11.5 Å². The Labute approximate surface area is 238 Å². The summed E-state index contributed by atoms with van der Waals surface area (Å²) >= 11 is 8.45. The summed E-state index contributed by atoms with van der Waals surface area (Å²) in [7, 11) is 0. The van der Waals surface area contributed by atoms with Crippen LogP contribution in [0.2, 0.25) is 5.02 Å². The fourth-order valence-electron chi connectivity index (χ4n) is 5.76. The molecule has 0 amide bonds. The minimum atomic E-state index is -0.625. The van der Waals surface area contributed by atoms with Crippen LogP contribution in [-0.4, -0.2) is 5.84 Å². The second-order valence-electron chi connectivity index (χ2n) is 9.79. The van der Waals surface area contributed by atoms with Crippen molar-refractivity contribution >= 4 is 40.6 Å². The van der Waals surface area contributed by atoms with Gasteiger partial charge in [-0.2, -0.15) is 5.10 Å². The predicted octanol–water partition coefficient (Wildman–Crippen LogP) is 9.12. The third-order valence-corrected chi connectivity index (χ3v) is 9.02.